The van der Waals surface area contributed by atoms with E-state index in [9.17, 15) is 9.59 Å². The van der Waals surface area contributed by atoms with Crippen LogP contribution in [0.15, 0.2) is 20.5 Å². The topological polar surface area (TPSA) is 91.1 Å². The van der Waals surface area contributed by atoms with Crippen molar-refractivity contribution in [1.82, 2.24) is 5.32 Å². The monoisotopic (exact) mass is 313 g/mol. The number of allylic oxidation sites excluding steroid dienone is 1. The van der Waals surface area contributed by atoms with E-state index in [-0.39, 0.29) is 36.6 Å². The molecule has 8 heteroatoms. The maximum atomic E-state index is 12.0. The van der Waals surface area contributed by atoms with Gasteiger partial charge in [0, 0.05) is 6.54 Å². The lowest BCUT2D eigenvalue weighted by molar-refractivity contribution is -0.119. The molecular formula is C12H15N3O3S2. The van der Waals surface area contributed by atoms with Crippen molar-refractivity contribution >= 4 is 45.5 Å². The van der Waals surface area contributed by atoms with Crippen LogP contribution in [0, 0.1) is 5.92 Å². The Balaban J connectivity index is 1.96. The zero-order valence-corrected chi connectivity index (χ0v) is 12.8. The standard InChI is InChI=1S/C12H15N3O3S2/c1-6-7(2)20-11-9(6)10(18)14-12(15-11)19-5-8(17)13-3-4-16/h9,16H,3-5H2,1-2H3,(H,13,17). The van der Waals surface area contributed by atoms with Gasteiger partial charge in [-0.3, -0.25) is 9.59 Å². The van der Waals surface area contributed by atoms with Crippen molar-refractivity contribution in [3.63, 3.8) is 0 Å². The van der Waals surface area contributed by atoms with Crippen molar-refractivity contribution in [1.29, 1.82) is 0 Å². The van der Waals surface area contributed by atoms with Crippen LogP contribution in [0.4, 0.5) is 0 Å². The van der Waals surface area contributed by atoms with Gasteiger partial charge in [0.1, 0.15) is 5.92 Å². The maximum absolute atomic E-state index is 12.0. The van der Waals surface area contributed by atoms with Crippen LogP contribution < -0.4 is 5.32 Å². The number of hydrogen-bond acceptors (Lipinski definition) is 6. The zero-order chi connectivity index (χ0) is 14.7. The highest BCUT2D eigenvalue weighted by atomic mass is 32.2. The number of aliphatic hydroxyl groups is 1. The molecule has 6 nitrogen and oxygen atoms in total. The highest BCUT2D eigenvalue weighted by Gasteiger charge is 2.36. The number of fused-ring (bicyclic) bond motifs is 1. The third-order valence-corrected chi connectivity index (χ3v) is 4.93. The minimum atomic E-state index is -0.326. The summed E-state index contributed by atoms with van der Waals surface area (Å²) in [4.78, 5) is 32.8. The van der Waals surface area contributed by atoms with E-state index >= 15 is 0 Å². The van der Waals surface area contributed by atoms with Crippen LogP contribution in [-0.2, 0) is 9.59 Å². The lowest BCUT2D eigenvalue weighted by Crippen LogP contribution is -2.29. The van der Waals surface area contributed by atoms with E-state index in [4.69, 9.17) is 5.11 Å². The molecule has 1 unspecified atom stereocenters. The molecule has 108 valence electrons. The summed E-state index contributed by atoms with van der Waals surface area (Å²) in [6, 6.07) is 0. The van der Waals surface area contributed by atoms with Gasteiger partial charge in [0.25, 0.3) is 5.91 Å². The van der Waals surface area contributed by atoms with E-state index in [2.05, 4.69) is 15.3 Å². The Hall–Kier alpha value is -1.12. The summed E-state index contributed by atoms with van der Waals surface area (Å²) in [5, 5.41) is 12.2. The second-order valence-electron chi connectivity index (χ2n) is 4.32. The van der Waals surface area contributed by atoms with E-state index < -0.39 is 0 Å². The zero-order valence-electron chi connectivity index (χ0n) is 11.2. The first-order valence-corrected chi connectivity index (χ1v) is 7.90. The molecule has 2 aliphatic rings. The van der Waals surface area contributed by atoms with Crippen LogP contribution in [0.1, 0.15) is 13.8 Å². The van der Waals surface area contributed by atoms with Crippen LogP contribution in [0.2, 0.25) is 0 Å². The fourth-order valence-corrected chi connectivity index (χ4v) is 3.64. The highest BCUT2D eigenvalue weighted by Crippen LogP contribution is 2.40. The minimum Gasteiger partial charge on any atom is -0.395 e. The molecule has 0 spiro atoms. The molecule has 0 aromatic carbocycles. The van der Waals surface area contributed by atoms with Gasteiger partial charge in [-0.2, -0.15) is 4.99 Å². The van der Waals surface area contributed by atoms with Gasteiger partial charge in [-0.05, 0) is 24.3 Å². The van der Waals surface area contributed by atoms with Gasteiger partial charge in [-0.1, -0.05) is 23.5 Å². The Labute approximate surface area is 125 Å². The van der Waals surface area contributed by atoms with Crippen molar-refractivity contribution in [2.45, 2.75) is 13.8 Å². The predicted octanol–water partition coefficient (Wildman–Crippen LogP) is 0.780. The summed E-state index contributed by atoms with van der Waals surface area (Å²) >= 11 is 2.62. The molecule has 0 saturated carbocycles. The van der Waals surface area contributed by atoms with Crippen molar-refractivity contribution < 1.29 is 14.7 Å². The van der Waals surface area contributed by atoms with Gasteiger partial charge < -0.3 is 10.4 Å². The third kappa shape index (κ3) is 3.31. The fourth-order valence-electron chi connectivity index (χ4n) is 1.78. The van der Waals surface area contributed by atoms with Gasteiger partial charge >= 0.3 is 0 Å². The summed E-state index contributed by atoms with van der Waals surface area (Å²) in [6.07, 6.45) is 0. The molecule has 0 radical (unpaired) electrons. The van der Waals surface area contributed by atoms with Crippen LogP contribution >= 0.6 is 23.5 Å². The van der Waals surface area contributed by atoms with Gasteiger partial charge in [0.05, 0.1) is 17.4 Å². The maximum Gasteiger partial charge on any atom is 0.262 e. The van der Waals surface area contributed by atoms with Crippen molar-refractivity contribution in [2.75, 3.05) is 18.9 Å². The molecular weight excluding hydrogens is 298 g/mol. The normalized spacial score (nSPS) is 21.6. The second kappa shape index (κ2) is 6.55. The summed E-state index contributed by atoms with van der Waals surface area (Å²) in [7, 11) is 0. The molecule has 0 fully saturated rings. The molecule has 2 aliphatic heterocycles. The largest absolute Gasteiger partial charge is 0.395 e. The second-order valence-corrected chi connectivity index (χ2v) is 6.50. The Morgan fingerprint density at radius 3 is 2.90 bits per heavy atom. The Morgan fingerprint density at radius 1 is 1.45 bits per heavy atom. The van der Waals surface area contributed by atoms with E-state index in [0.29, 0.717) is 5.17 Å². The first kappa shape index (κ1) is 15.3. The molecule has 2 N–H and O–H groups in total. The third-order valence-electron chi connectivity index (χ3n) is 2.92. The van der Waals surface area contributed by atoms with Gasteiger partial charge in [-0.15, -0.1) is 0 Å². The Kier molecular flexibility index (Phi) is 5.00. The van der Waals surface area contributed by atoms with Gasteiger partial charge in [0.2, 0.25) is 5.91 Å². The van der Waals surface area contributed by atoms with Crippen molar-refractivity contribution in [3.05, 3.63) is 10.5 Å². The first-order valence-electron chi connectivity index (χ1n) is 6.09. The van der Waals surface area contributed by atoms with Crippen LogP contribution in [-0.4, -0.2) is 46.0 Å². The molecule has 0 aliphatic carbocycles. The number of amidine groups is 1. The average molecular weight is 313 g/mol. The molecule has 2 rings (SSSR count). The number of rotatable bonds is 4. The molecule has 2 amide bonds. The summed E-state index contributed by atoms with van der Waals surface area (Å²) in [6.45, 7) is 4.01. The number of thioether (sulfide) groups is 2. The molecule has 0 aromatic rings. The number of nitrogens with zero attached hydrogens (tertiary/aromatic N) is 2. The van der Waals surface area contributed by atoms with E-state index in [1.54, 1.807) is 0 Å². The smallest absolute Gasteiger partial charge is 0.262 e. The van der Waals surface area contributed by atoms with Crippen LogP contribution in [0.25, 0.3) is 0 Å². The average Bonchev–Trinajstić information content (AvgIpc) is 2.69. The van der Waals surface area contributed by atoms with E-state index in [1.807, 2.05) is 13.8 Å². The van der Waals surface area contributed by atoms with Crippen LogP contribution in [0.5, 0.6) is 0 Å². The molecule has 0 aromatic heterocycles. The first-order chi connectivity index (χ1) is 9.52. The van der Waals surface area contributed by atoms with E-state index in [1.165, 1.54) is 11.8 Å². The lowest BCUT2D eigenvalue weighted by atomic mass is 10.0. The number of hydrogen-bond donors (Lipinski definition) is 2. The quantitative estimate of drug-likeness (QED) is 0.800. The molecule has 1 atom stereocenters. The molecule has 20 heavy (non-hydrogen) atoms. The predicted molar refractivity (Wildman–Crippen MR) is 81.9 cm³/mol. The Morgan fingerprint density at radius 2 is 2.20 bits per heavy atom. The fraction of sp³-hybridized carbons (Fsp3) is 0.500. The minimum absolute atomic E-state index is 0.0965. The number of aliphatic imine (C=N–C) groups is 2. The number of carbonyl (C=O) groups excluding carboxylic acids is 2. The van der Waals surface area contributed by atoms with E-state index in [0.717, 1.165) is 27.3 Å². The molecule has 2 heterocycles. The number of aliphatic hydroxyl groups excluding tert-OH is 1. The molecule has 0 saturated heterocycles. The highest BCUT2D eigenvalue weighted by molar-refractivity contribution is 8.18. The SMILES string of the molecule is CC1=C(C)C2C(=O)N=C(SCC(=O)NCCO)N=C2S1. The van der Waals surface area contributed by atoms with Crippen molar-refractivity contribution in [2.24, 2.45) is 15.9 Å². The number of carbonyl (C=O) groups is 2. The molecule has 0 bridgehead atoms. The summed E-state index contributed by atoms with van der Waals surface area (Å²) in [5.41, 5.74) is 1.01. The van der Waals surface area contributed by atoms with Gasteiger partial charge in [0.15, 0.2) is 5.17 Å². The van der Waals surface area contributed by atoms with Crippen molar-refractivity contribution in [3.8, 4) is 0 Å². The number of amides is 2. The Bertz CT molecular complexity index is 540. The summed E-state index contributed by atoms with van der Waals surface area (Å²) in [5.74, 6) is -0.627. The lowest BCUT2D eigenvalue weighted by Gasteiger charge is -2.14. The number of nitrogens with one attached hydrogen (secondary N) is 1. The summed E-state index contributed by atoms with van der Waals surface area (Å²) < 4.78 is 0. The van der Waals surface area contributed by atoms with Gasteiger partial charge in [-0.25, -0.2) is 4.99 Å². The van der Waals surface area contributed by atoms with Crippen LogP contribution in [0.3, 0.4) is 0 Å².